The number of carbonyl (C=O) groups excluding carboxylic acids is 1. The lowest BCUT2D eigenvalue weighted by atomic mass is 10.0. The number of nitrogens with zero attached hydrogens (tertiary/aromatic N) is 3. The highest BCUT2D eigenvalue weighted by atomic mass is 35.5. The van der Waals surface area contributed by atoms with E-state index >= 15 is 0 Å². The van der Waals surface area contributed by atoms with Gasteiger partial charge in [-0.1, -0.05) is 36.4 Å². The van der Waals surface area contributed by atoms with E-state index in [2.05, 4.69) is 17.1 Å². The first-order valence-electron chi connectivity index (χ1n) is 7.62. The summed E-state index contributed by atoms with van der Waals surface area (Å²) in [5.74, 6) is 1.44. The third-order valence-corrected chi connectivity index (χ3v) is 4.85. The molecular formula is C16H18ClN3O2S. The summed E-state index contributed by atoms with van der Waals surface area (Å²) in [5.41, 5.74) is 0.771. The minimum atomic E-state index is 0.129. The van der Waals surface area contributed by atoms with Gasteiger partial charge in [-0.3, -0.25) is 4.79 Å². The Kier molecular flexibility index (Phi) is 5.23. The number of likely N-dealkylation sites (tertiary alicyclic amines) is 1. The van der Waals surface area contributed by atoms with Crippen LogP contribution in [-0.2, 0) is 4.79 Å². The van der Waals surface area contributed by atoms with Crippen molar-refractivity contribution in [1.82, 2.24) is 15.1 Å². The molecule has 1 aromatic heterocycles. The van der Waals surface area contributed by atoms with Gasteiger partial charge in [0.2, 0.25) is 11.8 Å². The minimum absolute atomic E-state index is 0.129. The Morgan fingerprint density at radius 3 is 3.13 bits per heavy atom. The van der Waals surface area contributed by atoms with Gasteiger partial charge in [-0.2, -0.15) is 0 Å². The zero-order chi connectivity index (χ0) is 16.2. The van der Waals surface area contributed by atoms with Crippen LogP contribution in [0.3, 0.4) is 0 Å². The first kappa shape index (κ1) is 16.3. The van der Waals surface area contributed by atoms with E-state index in [0.29, 0.717) is 27.8 Å². The molecule has 0 N–H and O–H groups in total. The van der Waals surface area contributed by atoms with E-state index in [0.717, 1.165) is 25.1 Å². The average molecular weight is 352 g/mol. The van der Waals surface area contributed by atoms with E-state index < -0.39 is 0 Å². The molecule has 2 aromatic rings. The fraction of sp³-hybridized carbons (Fsp3) is 0.438. The number of piperidine rings is 1. The summed E-state index contributed by atoms with van der Waals surface area (Å²) in [4.78, 5) is 14.2. The van der Waals surface area contributed by atoms with Gasteiger partial charge in [-0.05, 0) is 37.0 Å². The fourth-order valence-electron chi connectivity index (χ4n) is 2.64. The van der Waals surface area contributed by atoms with Crippen molar-refractivity contribution in [1.29, 1.82) is 0 Å². The third kappa shape index (κ3) is 4.26. The maximum absolute atomic E-state index is 12.2. The molecule has 1 atom stereocenters. The molecule has 0 aliphatic carbocycles. The Bertz CT molecular complexity index is 691. The first-order chi connectivity index (χ1) is 11.1. The molecule has 0 radical (unpaired) electrons. The van der Waals surface area contributed by atoms with Gasteiger partial charge >= 0.3 is 0 Å². The summed E-state index contributed by atoms with van der Waals surface area (Å²) in [6, 6.07) is 7.24. The zero-order valence-corrected chi connectivity index (χ0v) is 14.4. The molecule has 1 aliphatic rings. The quantitative estimate of drug-likeness (QED) is 0.785. The summed E-state index contributed by atoms with van der Waals surface area (Å²) in [6.07, 6.45) is 2.28. The van der Waals surface area contributed by atoms with Crippen LogP contribution in [0.1, 0.15) is 19.8 Å². The number of halogens is 1. The summed E-state index contributed by atoms with van der Waals surface area (Å²) in [5, 5.41) is 9.01. The predicted molar refractivity (Wildman–Crippen MR) is 90.4 cm³/mol. The monoisotopic (exact) mass is 351 g/mol. The van der Waals surface area contributed by atoms with Gasteiger partial charge in [0, 0.05) is 23.7 Å². The van der Waals surface area contributed by atoms with Crippen LogP contribution in [0.2, 0.25) is 5.02 Å². The van der Waals surface area contributed by atoms with Gasteiger partial charge in [-0.25, -0.2) is 0 Å². The number of hydrogen-bond acceptors (Lipinski definition) is 5. The van der Waals surface area contributed by atoms with E-state index in [4.69, 9.17) is 16.0 Å². The molecule has 1 amide bonds. The third-order valence-electron chi connectivity index (χ3n) is 3.81. The minimum Gasteiger partial charge on any atom is -0.411 e. The standard InChI is InChI=1S/C16H18ClN3O2S/c1-11-4-3-7-20(9-11)14(21)10-23-16-19-18-15(22-16)12-5-2-6-13(17)8-12/h2,5-6,8,11H,3-4,7,9-10H2,1H3. The van der Waals surface area contributed by atoms with Gasteiger partial charge < -0.3 is 9.32 Å². The van der Waals surface area contributed by atoms with Crippen LogP contribution in [0.15, 0.2) is 33.9 Å². The van der Waals surface area contributed by atoms with Crippen LogP contribution in [0.25, 0.3) is 11.5 Å². The second-order valence-corrected chi connectivity index (χ2v) is 7.12. The van der Waals surface area contributed by atoms with Crippen LogP contribution in [0.5, 0.6) is 0 Å². The smallest absolute Gasteiger partial charge is 0.277 e. The fourth-order valence-corrected chi connectivity index (χ4v) is 3.49. The highest BCUT2D eigenvalue weighted by molar-refractivity contribution is 7.99. The number of carbonyl (C=O) groups is 1. The predicted octanol–water partition coefficient (Wildman–Crippen LogP) is 3.74. The molecule has 0 bridgehead atoms. The van der Waals surface area contributed by atoms with E-state index in [1.165, 1.54) is 18.2 Å². The normalized spacial score (nSPS) is 18.2. The second-order valence-electron chi connectivity index (χ2n) is 5.76. The Morgan fingerprint density at radius 1 is 1.48 bits per heavy atom. The van der Waals surface area contributed by atoms with Gasteiger partial charge in [0.05, 0.1) is 5.75 Å². The molecule has 0 saturated carbocycles. The van der Waals surface area contributed by atoms with Crippen molar-refractivity contribution < 1.29 is 9.21 Å². The summed E-state index contributed by atoms with van der Waals surface area (Å²) < 4.78 is 5.59. The maximum atomic E-state index is 12.2. The second kappa shape index (κ2) is 7.36. The maximum Gasteiger partial charge on any atom is 0.277 e. The number of aromatic nitrogens is 2. The lowest BCUT2D eigenvalue weighted by molar-refractivity contribution is -0.130. The lowest BCUT2D eigenvalue weighted by Gasteiger charge is -2.30. The molecule has 7 heteroatoms. The number of hydrogen-bond donors (Lipinski definition) is 0. The molecule has 1 unspecified atom stereocenters. The Balaban J connectivity index is 1.58. The highest BCUT2D eigenvalue weighted by Crippen LogP contribution is 2.25. The SMILES string of the molecule is CC1CCCN(C(=O)CSc2nnc(-c3cccc(Cl)c3)o2)C1. The van der Waals surface area contributed by atoms with E-state index in [1.54, 1.807) is 12.1 Å². The summed E-state index contributed by atoms with van der Waals surface area (Å²) >= 11 is 7.24. The zero-order valence-electron chi connectivity index (χ0n) is 12.9. The molecule has 1 fully saturated rings. The molecule has 122 valence electrons. The Morgan fingerprint density at radius 2 is 2.35 bits per heavy atom. The highest BCUT2D eigenvalue weighted by Gasteiger charge is 2.21. The van der Waals surface area contributed by atoms with Crippen molar-refractivity contribution >= 4 is 29.3 Å². The van der Waals surface area contributed by atoms with Crippen molar-refractivity contribution in [2.75, 3.05) is 18.8 Å². The molecule has 1 aromatic carbocycles. The molecule has 5 nitrogen and oxygen atoms in total. The number of rotatable bonds is 4. The average Bonchev–Trinajstić information content (AvgIpc) is 3.01. The van der Waals surface area contributed by atoms with Crippen LogP contribution in [-0.4, -0.2) is 39.8 Å². The number of thioether (sulfide) groups is 1. The van der Waals surface area contributed by atoms with Crippen molar-refractivity contribution in [3.05, 3.63) is 29.3 Å². The van der Waals surface area contributed by atoms with Gasteiger partial charge in [0.25, 0.3) is 5.22 Å². The summed E-state index contributed by atoms with van der Waals surface area (Å²) in [6.45, 7) is 3.88. The lowest BCUT2D eigenvalue weighted by Crippen LogP contribution is -2.40. The summed E-state index contributed by atoms with van der Waals surface area (Å²) in [7, 11) is 0. The first-order valence-corrected chi connectivity index (χ1v) is 8.98. The van der Waals surface area contributed by atoms with Crippen molar-refractivity contribution in [2.45, 2.75) is 25.0 Å². The Labute approximate surface area is 144 Å². The largest absolute Gasteiger partial charge is 0.411 e. The van der Waals surface area contributed by atoms with Gasteiger partial charge in [0.1, 0.15) is 0 Å². The topological polar surface area (TPSA) is 59.2 Å². The molecule has 23 heavy (non-hydrogen) atoms. The van der Waals surface area contributed by atoms with Gasteiger partial charge in [0.15, 0.2) is 0 Å². The van der Waals surface area contributed by atoms with E-state index in [9.17, 15) is 4.79 Å². The van der Waals surface area contributed by atoms with E-state index in [-0.39, 0.29) is 5.91 Å². The van der Waals surface area contributed by atoms with Crippen molar-refractivity contribution in [3.63, 3.8) is 0 Å². The van der Waals surface area contributed by atoms with Crippen molar-refractivity contribution in [3.8, 4) is 11.5 Å². The van der Waals surface area contributed by atoms with E-state index in [1.807, 2.05) is 17.0 Å². The Hall–Kier alpha value is -1.53. The number of amides is 1. The molecule has 1 saturated heterocycles. The molecule has 2 heterocycles. The van der Waals surface area contributed by atoms with Crippen LogP contribution >= 0.6 is 23.4 Å². The molecule has 0 spiro atoms. The number of benzene rings is 1. The van der Waals surface area contributed by atoms with Crippen LogP contribution in [0.4, 0.5) is 0 Å². The van der Waals surface area contributed by atoms with Crippen molar-refractivity contribution in [2.24, 2.45) is 5.92 Å². The molecule has 3 rings (SSSR count). The van der Waals surface area contributed by atoms with Crippen LogP contribution < -0.4 is 0 Å². The van der Waals surface area contributed by atoms with Crippen LogP contribution in [0, 0.1) is 5.92 Å². The molecule has 1 aliphatic heterocycles. The van der Waals surface area contributed by atoms with Gasteiger partial charge in [-0.15, -0.1) is 10.2 Å². The molecular weight excluding hydrogens is 334 g/mol.